The fraction of sp³-hybridized carbons (Fsp3) is 0.469. The third kappa shape index (κ3) is 8.12. The van der Waals surface area contributed by atoms with Gasteiger partial charge in [0.15, 0.2) is 6.61 Å². The number of benzene rings is 2. The second kappa shape index (κ2) is 14.2. The molecule has 1 fully saturated rings. The predicted octanol–water partition coefficient (Wildman–Crippen LogP) is 1.62. The Labute approximate surface area is 252 Å². The third-order valence-corrected chi connectivity index (χ3v) is 7.86. The van der Waals surface area contributed by atoms with Crippen molar-refractivity contribution < 1.29 is 28.7 Å². The minimum Gasteiger partial charge on any atom is -0.484 e. The van der Waals surface area contributed by atoms with Gasteiger partial charge in [-0.05, 0) is 55.9 Å². The van der Waals surface area contributed by atoms with E-state index in [0.717, 1.165) is 11.1 Å². The number of ether oxygens (including phenoxy) is 1. The molecule has 0 spiro atoms. The molecule has 5 rings (SSSR count). The van der Waals surface area contributed by atoms with Crippen molar-refractivity contribution in [3.05, 3.63) is 65.7 Å². The smallest absolute Gasteiger partial charge is 0.258 e. The van der Waals surface area contributed by atoms with Crippen molar-refractivity contribution in [2.24, 2.45) is 5.92 Å². The van der Waals surface area contributed by atoms with Crippen LogP contribution in [-0.4, -0.2) is 71.8 Å². The summed E-state index contributed by atoms with van der Waals surface area (Å²) in [5.74, 6) is -1.97. The van der Waals surface area contributed by atoms with Gasteiger partial charge in [-0.15, -0.1) is 0 Å². The molecule has 0 aliphatic carbocycles. The zero-order valence-electron chi connectivity index (χ0n) is 25.1. The fourth-order valence-electron chi connectivity index (χ4n) is 5.34. The summed E-state index contributed by atoms with van der Waals surface area (Å²) in [5, 5.41) is 11.3. The highest BCUT2D eigenvalue weighted by Gasteiger charge is 2.39. The summed E-state index contributed by atoms with van der Waals surface area (Å²) in [5.41, 5.74) is 1.67. The van der Waals surface area contributed by atoms with Crippen LogP contribution in [0.3, 0.4) is 0 Å². The molecule has 2 aromatic carbocycles. The standard InChI is InChI=1S/C32H41N5O6/c1-19(2)28-32(42)37-16-8-11-26(37)31(41)34-21(4)29(39)35-25(30(40)33-20(3)23-9-6-5-7-10-23)17-22-12-14-24(15-13-22)43-18-27(38)36-28/h5-7,9-10,12-15,19-21,25-26,28H,8,11,16-18H2,1-4H3,(H,33,40)(H,34,41)(H,35,39)(H,36,38)/t20-,21-,25-,26-,28+/m0/s1. The highest BCUT2D eigenvalue weighted by Crippen LogP contribution is 2.21. The zero-order chi connectivity index (χ0) is 31.1. The first-order valence-corrected chi connectivity index (χ1v) is 14.8. The summed E-state index contributed by atoms with van der Waals surface area (Å²) in [7, 11) is 0. The number of carbonyl (C=O) groups excluding carboxylic acids is 5. The topological polar surface area (TPSA) is 146 Å². The predicted molar refractivity (Wildman–Crippen MR) is 160 cm³/mol. The zero-order valence-corrected chi connectivity index (χ0v) is 25.1. The second-order valence-corrected chi connectivity index (χ2v) is 11.5. The molecule has 230 valence electrons. The number of rotatable bonds is 4. The largest absolute Gasteiger partial charge is 0.484 e. The van der Waals surface area contributed by atoms with E-state index in [4.69, 9.17) is 4.74 Å². The van der Waals surface area contributed by atoms with Gasteiger partial charge in [-0.1, -0.05) is 56.3 Å². The first kappa shape index (κ1) is 31.5. The molecule has 3 aliphatic rings. The Kier molecular flexibility index (Phi) is 10.4. The van der Waals surface area contributed by atoms with Crippen molar-refractivity contribution in [1.82, 2.24) is 26.2 Å². The quantitative estimate of drug-likeness (QED) is 0.425. The molecular formula is C32H41N5O6. The van der Waals surface area contributed by atoms with Gasteiger partial charge in [0, 0.05) is 13.0 Å². The van der Waals surface area contributed by atoms with Gasteiger partial charge in [0.2, 0.25) is 23.6 Å². The van der Waals surface area contributed by atoms with Gasteiger partial charge < -0.3 is 30.9 Å². The summed E-state index contributed by atoms with van der Waals surface area (Å²) in [6.07, 6.45) is 1.23. The van der Waals surface area contributed by atoms with Gasteiger partial charge >= 0.3 is 0 Å². The summed E-state index contributed by atoms with van der Waals surface area (Å²) in [4.78, 5) is 67.8. The maximum absolute atomic E-state index is 13.5. The normalized spacial score (nSPS) is 24.4. The van der Waals surface area contributed by atoms with Gasteiger partial charge in [-0.2, -0.15) is 0 Å². The van der Waals surface area contributed by atoms with E-state index in [-0.39, 0.29) is 36.8 Å². The lowest BCUT2D eigenvalue weighted by Gasteiger charge is -2.31. The lowest BCUT2D eigenvalue weighted by atomic mass is 10.0. The minimum atomic E-state index is -0.967. The van der Waals surface area contributed by atoms with Crippen LogP contribution in [0.25, 0.3) is 0 Å². The molecule has 0 saturated carbocycles. The van der Waals surface area contributed by atoms with E-state index in [2.05, 4.69) is 21.3 Å². The molecule has 43 heavy (non-hydrogen) atoms. The number of amides is 5. The van der Waals surface area contributed by atoms with E-state index in [1.54, 1.807) is 31.2 Å². The Hall–Kier alpha value is -4.41. The summed E-state index contributed by atoms with van der Waals surface area (Å²) in [6.45, 7) is 7.12. The molecule has 2 bridgehead atoms. The van der Waals surface area contributed by atoms with Crippen LogP contribution in [-0.2, 0) is 30.4 Å². The van der Waals surface area contributed by atoms with E-state index < -0.39 is 41.9 Å². The number of hydrogen-bond acceptors (Lipinski definition) is 6. The van der Waals surface area contributed by atoms with Crippen molar-refractivity contribution in [3.63, 3.8) is 0 Å². The SMILES string of the molecule is CC(C)[C@H]1NC(=O)COc2ccc(cc2)C[C@@H](C(=O)N[C@@H](C)c2ccccc2)NC(=O)[C@H](C)NC(=O)[C@@H]2CCCN2C1=O. The molecule has 0 radical (unpaired) electrons. The number of hydrogen-bond donors (Lipinski definition) is 4. The molecule has 2 aromatic rings. The first-order chi connectivity index (χ1) is 20.5. The Balaban J connectivity index is 1.58. The lowest BCUT2D eigenvalue weighted by molar-refractivity contribution is -0.143. The van der Waals surface area contributed by atoms with E-state index in [1.807, 2.05) is 51.1 Å². The highest BCUT2D eigenvalue weighted by atomic mass is 16.5. The van der Waals surface area contributed by atoms with Crippen LogP contribution < -0.4 is 26.0 Å². The lowest BCUT2D eigenvalue weighted by Crippen LogP contribution is -2.58. The molecule has 0 aromatic heterocycles. The average molecular weight is 592 g/mol. The number of nitrogens with zero attached hydrogens (tertiary/aromatic N) is 1. The Bertz CT molecular complexity index is 1320. The molecule has 5 atom stereocenters. The van der Waals surface area contributed by atoms with Crippen LogP contribution in [0.5, 0.6) is 5.75 Å². The second-order valence-electron chi connectivity index (χ2n) is 11.5. The minimum absolute atomic E-state index is 0.182. The monoisotopic (exact) mass is 591 g/mol. The van der Waals surface area contributed by atoms with Gasteiger partial charge in [-0.3, -0.25) is 24.0 Å². The van der Waals surface area contributed by atoms with Gasteiger partial charge in [-0.25, -0.2) is 0 Å². The maximum atomic E-state index is 13.5. The van der Waals surface area contributed by atoms with Crippen LogP contribution in [0.15, 0.2) is 54.6 Å². The van der Waals surface area contributed by atoms with Gasteiger partial charge in [0.1, 0.15) is 29.9 Å². The number of carbonyl (C=O) groups is 5. The van der Waals surface area contributed by atoms with E-state index in [1.165, 1.54) is 4.90 Å². The maximum Gasteiger partial charge on any atom is 0.258 e. The molecule has 1 saturated heterocycles. The van der Waals surface area contributed by atoms with Crippen molar-refractivity contribution in [3.8, 4) is 5.75 Å². The summed E-state index contributed by atoms with van der Waals surface area (Å²) < 4.78 is 5.66. The molecule has 0 unspecified atom stereocenters. The number of nitrogens with one attached hydrogen (secondary N) is 4. The van der Waals surface area contributed by atoms with Crippen molar-refractivity contribution in [2.45, 2.75) is 77.2 Å². The molecule has 3 heterocycles. The van der Waals surface area contributed by atoms with E-state index >= 15 is 0 Å². The Morgan fingerprint density at radius 2 is 1.63 bits per heavy atom. The summed E-state index contributed by atoms with van der Waals surface area (Å²) >= 11 is 0. The Morgan fingerprint density at radius 3 is 2.30 bits per heavy atom. The van der Waals surface area contributed by atoms with Gasteiger partial charge in [0.05, 0.1) is 6.04 Å². The third-order valence-electron chi connectivity index (χ3n) is 7.86. The van der Waals surface area contributed by atoms with Crippen molar-refractivity contribution in [2.75, 3.05) is 13.2 Å². The van der Waals surface area contributed by atoms with E-state index in [0.29, 0.717) is 25.1 Å². The molecule has 11 nitrogen and oxygen atoms in total. The fourth-order valence-corrected chi connectivity index (χ4v) is 5.34. The van der Waals surface area contributed by atoms with Crippen molar-refractivity contribution >= 4 is 29.5 Å². The summed E-state index contributed by atoms with van der Waals surface area (Å²) in [6, 6.07) is 12.5. The molecular weight excluding hydrogens is 550 g/mol. The molecule has 4 N–H and O–H groups in total. The van der Waals surface area contributed by atoms with Crippen LogP contribution in [0, 0.1) is 5.92 Å². The van der Waals surface area contributed by atoms with Crippen molar-refractivity contribution in [1.29, 1.82) is 0 Å². The molecule has 11 heteroatoms. The average Bonchev–Trinajstić information content (AvgIpc) is 3.49. The Morgan fingerprint density at radius 1 is 0.930 bits per heavy atom. The number of fused-ring (bicyclic) bond motifs is 13. The first-order valence-electron chi connectivity index (χ1n) is 14.8. The highest BCUT2D eigenvalue weighted by molar-refractivity contribution is 5.96. The van der Waals surface area contributed by atoms with E-state index in [9.17, 15) is 24.0 Å². The molecule has 5 amide bonds. The van der Waals surface area contributed by atoms with Crippen LogP contribution in [0.4, 0.5) is 0 Å². The van der Waals surface area contributed by atoms with Crippen LogP contribution in [0.1, 0.15) is 57.7 Å². The van der Waals surface area contributed by atoms with Crippen LogP contribution in [0.2, 0.25) is 0 Å². The van der Waals surface area contributed by atoms with Gasteiger partial charge in [0.25, 0.3) is 5.91 Å². The molecule has 3 aliphatic heterocycles. The van der Waals surface area contributed by atoms with Crippen LogP contribution >= 0.6 is 0 Å².